The summed E-state index contributed by atoms with van der Waals surface area (Å²) in [5, 5.41) is 10.9. The number of benzene rings is 1. The second-order valence-corrected chi connectivity index (χ2v) is 12.0. The molecule has 37 heavy (non-hydrogen) atoms. The zero-order valence-corrected chi connectivity index (χ0v) is 22.2. The van der Waals surface area contributed by atoms with Crippen molar-refractivity contribution in [3.05, 3.63) is 58.2 Å². The van der Waals surface area contributed by atoms with Gasteiger partial charge in [0.05, 0.1) is 23.2 Å². The van der Waals surface area contributed by atoms with Gasteiger partial charge in [0, 0.05) is 17.5 Å². The molecule has 2 saturated carbocycles. The maximum absolute atomic E-state index is 12.6. The SMILES string of the molecule is C=C1CC[C@H]2[C@@](C)(CCC3OC(C)(C)OC[C@]32C)C1C/C=C1/C(=O)OC[C@H]1Oc1ccc([N+](=O)[O-])cc1. The first-order valence-corrected chi connectivity index (χ1v) is 13.2. The first kappa shape index (κ1) is 25.9. The van der Waals surface area contributed by atoms with Gasteiger partial charge in [-0.3, -0.25) is 10.1 Å². The van der Waals surface area contributed by atoms with E-state index in [0.29, 0.717) is 30.3 Å². The van der Waals surface area contributed by atoms with E-state index in [1.54, 1.807) is 12.1 Å². The van der Waals surface area contributed by atoms with E-state index < -0.39 is 16.8 Å². The number of esters is 1. The summed E-state index contributed by atoms with van der Waals surface area (Å²) in [6, 6.07) is 5.87. The minimum atomic E-state index is -0.554. The number of carbonyl (C=O) groups is 1. The van der Waals surface area contributed by atoms with Crippen LogP contribution >= 0.6 is 0 Å². The van der Waals surface area contributed by atoms with Gasteiger partial charge in [-0.1, -0.05) is 32.1 Å². The second kappa shape index (κ2) is 9.24. The fraction of sp³-hybridized carbons (Fsp3) is 0.621. The smallest absolute Gasteiger partial charge is 0.337 e. The summed E-state index contributed by atoms with van der Waals surface area (Å²) < 4.78 is 23.9. The van der Waals surface area contributed by atoms with Crippen LogP contribution in [0.15, 0.2) is 48.1 Å². The largest absolute Gasteiger partial charge is 0.482 e. The van der Waals surface area contributed by atoms with Gasteiger partial charge in [0.1, 0.15) is 12.4 Å². The summed E-state index contributed by atoms with van der Waals surface area (Å²) in [4.78, 5) is 23.1. The third-order valence-corrected chi connectivity index (χ3v) is 9.32. The zero-order valence-electron chi connectivity index (χ0n) is 22.2. The van der Waals surface area contributed by atoms with Crippen molar-refractivity contribution in [1.82, 2.24) is 0 Å². The Kier molecular flexibility index (Phi) is 6.47. The Morgan fingerprint density at radius 2 is 1.89 bits per heavy atom. The van der Waals surface area contributed by atoms with Crippen molar-refractivity contribution in [2.45, 2.75) is 77.8 Å². The average Bonchev–Trinajstić information content (AvgIpc) is 3.18. The Labute approximate surface area is 218 Å². The van der Waals surface area contributed by atoms with E-state index in [1.165, 1.54) is 17.7 Å². The van der Waals surface area contributed by atoms with Crippen LogP contribution in [0.2, 0.25) is 0 Å². The minimum Gasteiger partial charge on any atom is -0.482 e. The first-order valence-electron chi connectivity index (χ1n) is 13.2. The summed E-state index contributed by atoms with van der Waals surface area (Å²) in [5.74, 6) is 0.176. The highest BCUT2D eigenvalue weighted by molar-refractivity contribution is 5.91. The van der Waals surface area contributed by atoms with Gasteiger partial charge in [0.2, 0.25) is 0 Å². The van der Waals surface area contributed by atoms with Crippen molar-refractivity contribution in [2.24, 2.45) is 22.7 Å². The van der Waals surface area contributed by atoms with Crippen LogP contribution in [0.5, 0.6) is 5.75 Å². The number of allylic oxidation sites excluding steroid dienone is 2. The molecule has 1 aromatic rings. The number of nitro benzene ring substituents is 1. The van der Waals surface area contributed by atoms with E-state index in [2.05, 4.69) is 20.4 Å². The Morgan fingerprint density at radius 1 is 1.16 bits per heavy atom. The lowest BCUT2D eigenvalue weighted by Crippen LogP contribution is -2.62. The Hall–Kier alpha value is -2.71. The maximum atomic E-state index is 12.6. The van der Waals surface area contributed by atoms with Gasteiger partial charge in [0.15, 0.2) is 11.9 Å². The van der Waals surface area contributed by atoms with Crippen molar-refractivity contribution in [2.75, 3.05) is 13.2 Å². The normalized spacial score (nSPS) is 38.0. The highest BCUT2D eigenvalue weighted by atomic mass is 16.7. The molecule has 8 nitrogen and oxygen atoms in total. The van der Waals surface area contributed by atoms with Crippen LogP contribution in [-0.2, 0) is 19.0 Å². The number of rotatable bonds is 5. The molecule has 2 aliphatic carbocycles. The predicted octanol–water partition coefficient (Wildman–Crippen LogP) is 5.76. The van der Waals surface area contributed by atoms with E-state index in [9.17, 15) is 14.9 Å². The van der Waals surface area contributed by atoms with Gasteiger partial charge in [0.25, 0.3) is 5.69 Å². The van der Waals surface area contributed by atoms with E-state index in [1.807, 2.05) is 19.9 Å². The number of hydrogen-bond donors (Lipinski definition) is 0. The Bertz CT molecular complexity index is 1130. The Balaban J connectivity index is 1.35. The molecule has 5 rings (SSSR count). The number of nitrogens with zero attached hydrogens (tertiary/aromatic N) is 1. The average molecular weight is 512 g/mol. The van der Waals surface area contributed by atoms with Crippen LogP contribution in [0.3, 0.4) is 0 Å². The van der Waals surface area contributed by atoms with Crippen LogP contribution in [0.1, 0.15) is 59.8 Å². The summed E-state index contributed by atoms with van der Waals surface area (Å²) in [6.45, 7) is 14.0. The van der Waals surface area contributed by atoms with E-state index in [4.69, 9.17) is 18.9 Å². The molecule has 6 atom stereocenters. The number of ether oxygens (including phenoxy) is 4. The minimum absolute atomic E-state index is 0.0128. The molecule has 2 unspecified atom stereocenters. The molecule has 0 bridgehead atoms. The van der Waals surface area contributed by atoms with Crippen LogP contribution in [0.4, 0.5) is 5.69 Å². The molecule has 4 aliphatic rings. The number of fused-ring (bicyclic) bond motifs is 3. The molecule has 200 valence electrons. The molecule has 0 spiro atoms. The second-order valence-electron chi connectivity index (χ2n) is 12.0. The topological polar surface area (TPSA) is 97.1 Å². The molecule has 0 radical (unpaired) electrons. The van der Waals surface area contributed by atoms with E-state index in [-0.39, 0.29) is 41.1 Å². The van der Waals surface area contributed by atoms with Gasteiger partial charge in [-0.05, 0) is 75.3 Å². The summed E-state index contributed by atoms with van der Waals surface area (Å²) >= 11 is 0. The van der Waals surface area contributed by atoms with Gasteiger partial charge >= 0.3 is 5.97 Å². The molecule has 4 fully saturated rings. The zero-order chi connectivity index (χ0) is 26.6. The van der Waals surface area contributed by atoms with Gasteiger partial charge in [-0.15, -0.1) is 0 Å². The van der Waals surface area contributed by atoms with Crippen molar-refractivity contribution in [3.8, 4) is 5.75 Å². The fourth-order valence-electron chi connectivity index (χ4n) is 7.32. The van der Waals surface area contributed by atoms with Gasteiger partial charge in [-0.2, -0.15) is 0 Å². The maximum Gasteiger partial charge on any atom is 0.337 e. The molecule has 2 aliphatic heterocycles. The number of cyclic esters (lactones) is 1. The van der Waals surface area contributed by atoms with Crippen molar-refractivity contribution >= 4 is 11.7 Å². The lowest BCUT2D eigenvalue weighted by Gasteiger charge is -2.63. The lowest BCUT2D eigenvalue weighted by atomic mass is 9.46. The van der Waals surface area contributed by atoms with E-state index in [0.717, 1.165) is 25.7 Å². The number of hydrogen-bond acceptors (Lipinski definition) is 7. The number of nitro groups is 1. The predicted molar refractivity (Wildman–Crippen MR) is 137 cm³/mol. The molecular weight excluding hydrogens is 474 g/mol. The van der Waals surface area contributed by atoms with Crippen LogP contribution in [0.25, 0.3) is 0 Å². The molecular formula is C29H37NO7. The highest BCUT2D eigenvalue weighted by Crippen LogP contribution is 2.63. The van der Waals surface area contributed by atoms with Gasteiger partial charge < -0.3 is 18.9 Å². The summed E-state index contributed by atoms with van der Waals surface area (Å²) in [7, 11) is 0. The molecule has 1 aromatic carbocycles. The molecule has 0 aromatic heterocycles. The number of non-ortho nitro benzene ring substituents is 1. The summed E-state index contributed by atoms with van der Waals surface area (Å²) in [6.07, 6.45) is 6.31. The van der Waals surface area contributed by atoms with Crippen LogP contribution in [-0.4, -0.2) is 42.1 Å². The van der Waals surface area contributed by atoms with Crippen LogP contribution < -0.4 is 4.74 Å². The van der Waals surface area contributed by atoms with Crippen LogP contribution in [0, 0.1) is 32.8 Å². The highest BCUT2D eigenvalue weighted by Gasteiger charge is 2.60. The van der Waals surface area contributed by atoms with E-state index >= 15 is 0 Å². The first-order chi connectivity index (χ1) is 17.4. The standard InChI is InChI=1S/C29H37NO7/c1-18-6-13-24-28(4,15-14-25-29(24,5)17-35-27(2,3)37-25)22(18)12-11-21-23(16-34-26(21)31)36-20-9-7-19(8-10-20)30(32)33/h7-11,22-25H,1,6,12-17H2,2-5H3/b21-11+/t22?,23-,24+,25?,28+,29+/m1/s1. The van der Waals surface area contributed by atoms with Gasteiger partial charge in [-0.25, -0.2) is 4.79 Å². The molecule has 2 heterocycles. The lowest BCUT2D eigenvalue weighted by molar-refractivity contribution is -0.384. The van der Waals surface area contributed by atoms with Crippen molar-refractivity contribution in [3.63, 3.8) is 0 Å². The molecule has 2 saturated heterocycles. The van der Waals surface area contributed by atoms with Crippen molar-refractivity contribution in [1.29, 1.82) is 0 Å². The quantitative estimate of drug-likeness (QED) is 0.163. The molecule has 8 heteroatoms. The summed E-state index contributed by atoms with van der Waals surface area (Å²) in [5.41, 5.74) is 1.67. The molecule has 0 amide bonds. The third kappa shape index (κ3) is 4.59. The third-order valence-electron chi connectivity index (χ3n) is 9.32. The fourth-order valence-corrected chi connectivity index (χ4v) is 7.32. The molecule has 0 N–H and O–H groups in total. The number of carbonyl (C=O) groups excluding carboxylic acids is 1. The Morgan fingerprint density at radius 3 is 2.59 bits per heavy atom. The van der Waals surface area contributed by atoms with Crippen molar-refractivity contribution < 1.29 is 28.7 Å². The monoisotopic (exact) mass is 511 g/mol.